The zero-order valence-electron chi connectivity index (χ0n) is 14.3. The van der Waals surface area contributed by atoms with E-state index in [-0.39, 0.29) is 5.69 Å². The number of hydrogen-bond donors (Lipinski definition) is 0. The van der Waals surface area contributed by atoms with E-state index in [9.17, 15) is 8.78 Å². The Bertz CT molecular complexity index is 695. The molecule has 0 bridgehead atoms. The number of ether oxygens (including phenoxy) is 2. The summed E-state index contributed by atoms with van der Waals surface area (Å²) < 4.78 is 39.5. The maximum atomic E-state index is 14.5. The molecule has 1 fully saturated rings. The van der Waals surface area contributed by atoms with E-state index in [0.29, 0.717) is 43.4 Å². The summed E-state index contributed by atoms with van der Waals surface area (Å²) in [4.78, 5) is 6.10. The van der Waals surface area contributed by atoms with Gasteiger partial charge in [-0.15, -0.1) is 0 Å². The van der Waals surface area contributed by atoms with Crippen molar-refractivity contribution in [3.8, 4) is 17.1 Å². The number of benzene rings is 1. The third-order valence-corrected chi connectivity index (χ3v) is 4.20. The fraction of sp³-hybridized carbons (Fsp3) is 0.421. The Morgan fingerprint density at radius 1 is 1.08 bits per heavy atom. The average Bonchev–Trinajstić information content (AvgIpc) is 3.12. The third kappa shape index (κ3) is 4.25. The normalized spacial score (nSPS) is 14.1. The molecule has 0 radical (unpaired) electrons. The first kappa shape index (κ1) is 17.6. The van der Waals surface area contributed by atoms with E-state index in [1.807, 2.05) is 0 Å². The van der Waals surface area contributed by atoms with Gasteiger partial charge in [-0.2, -0.15) is 0 Å². The number of nitrogens with zero attached hydrogens (tertiary/aromatic N) is 2. The molecular weight excluding hydrogens is 326 g/mol. The summed E-state index contributed by atoms with van der Waals surface area (Å²) >= 11 is 0. The summed E-state index contributed by atoms with van der Waals surface area (Å²) in [6.07, 6.45) is 2.67. The van der Waals surface area contributed by atoms with Crippen LogP contribution in [0.3, 0.4) is 0 Å². The van der Waals surface area contributed by atoms with Gasteiger partial charge in [-0.1, -0.05) is 6.07 Å². The molecular formula is C19H22F2N2O2. The predicted octanol–water partition coefficient (Wildman–Crippen LogP) is 4.04. The smallest absolute Gasteiger partial charge is 0.213 e. The van der Waals surface area contributed by atoms with Crippen LogP contribution in [0, 0.1) is 11.6 Å². The Balaban J connectivity index is 1.79. The second kappa shape index (κ2) is 8.25. The van der Waals surface area contributed by atoms with Crippen molar-refractivity contribution < 1.29 is 18.3 Å². The van der Waals surface area contributed by atoms with Gasteiger partial charge >= 0.3 is 0 Å². The van der Waals surface area contributed by atoms with E-state index in [4.69, 9.17) is 9.47 Å². The molecule has 25 heavy (non-hydrogen) atoms. The van der Waals surface area contributed by atoms with Crippen molar-refractivity contribution >= 4 is 5.69 Å². The maximum Gasteiger partial charge on any atom is 0.213 e. The predicted molar refractivity (Wildman–Crippen MR) is 93.0 cm³/mol. The molecule has 0 atom stereocenters. The number of anilines is 1. The van der Waals surface area contributed by atoms with E-state index in [1.54, 1.807) is 30.2 Å². The largest absolute Gasteiger partial charge is 0.478 e. The van der Waals surface area contributed by atoms with Crippen LogP contribution in [0.15, 0.2) is 30.3 Å². The maximum absolute atomic E-state index is 14.5. The van der Waals surface area contributed by atoms with Gasteiger partial charge in [0, 0.05) is 44.9 Å². The van der Waals surface area contributed by atoms with Crippen LogP contribution < -0.4 is 9.64 Å². The average molecular weight is 348 g/mol. The molecule has 2 aromatic rings. The summed E-state index contributed by atoms with van der Waals surface area (Å²) in [6.45, 7) is 2.46. The lowest BCUT2D eigenvalue weighted by Gasteiger charge is -2.19. The molecule has 0 saturated carbocycles. The fourth-order valence-electron chi connectivity index (χ4n) is 2.99. The molecule has 134 valence electrons. The van der Waals surface area contributed by atoms with E-state index in [1.165, 1.54) is 12.1 Å². The van der Waals surface area contributed by atoms with Crippen LogP contribution >= 0.6 is 0 Å². The lowest BCUT2D eigenvalue weighted by Crippen LogP contribution is -2.20. The van der Waals surface area contributed by atoms with Gasteiger partial charge < -0.3 is 14.4 Å². The van der Waals surface area contributed by atoms with Crippen LogP contribution in [0.2, 0.25) is 0 Å². The Kier molecular flexibility index (Phi) is 5.81. The van der Waals surface area contributed by atoms with Gasteiger partial charge in [-0.05, 0) is 31.0 Å². The van der Waals surface area contributed by atoms with Gasteiger partial charge in [-0.25, -0.2) is 13.8 Å². The summed E-state index contributed by atoms with van der Waals surface area (Å²) in [5, 5.41) is 0. The standard InChI is InChI=1S/C19H22F2N2O2/c1-24-10-5-11-25-18-7-4-6-17(22-18)14-12-15(20)19(16(21)13-14)23-8-2-3-9-23/h4,6-7,12-13H,2-3,5,8-11H2,1H3. The van der Waals surface area contributed by atoms with Crippen molar-refractivity contribution in [2.24, 2.45) is 0 Å². The molecule has 0 N–H and O–H groups in total. The van der Waals surface area contributed by atoms with Gasteiger partial charge in [0.05, 0.1) is 12.3 Å². The number of pyridine rings is 1. The van der Waals surface area contributed by atoms with Gasteiger partial charge in [0.1, 0.15) is 17.3 Å². The van der Waals surface area contributed by atoms with Crippen LogP contribution in [-0.4, -0.2) is 38.4 Å². The summed E-state index contributed by atoms with van der Waals surface area (Å²) in [5.74, 6) is -0.673. The Labute approximate surface area is 146 Å². The van der Waals surface area contributed by atoms with Crippen molar-refractivity contribution in [2.45, 2.75) is 19.3 Å². The van der Waals surface area contributed by atoms with Crippen LogP contribution in [0.5, 0.6) is 5.88 Å². The highest BCUT2D eigenvalue weighted by atomic mass is 19.1. The fourth-order valence-corrected chi connectivity index (χ4v) is 2.99. The monoisotopic (exact) mass is 348 g/mol. The van der Waals surface area contributed by atoms with Crippen LogP contribution in [0.1, 0.15) is 19.3 Å². The molecule has 3 rings (SSSR count). The van der Waals surface area contributed by atoms with Crippen molar-refractivity contribution in [1.29, 1.82) is 0 Å². The number of halogens is 2. The zero-order chi connectivity index (χ0) is 17.6. The molecule has 4 nitrogen and oxygen atoms in total. The molecule has 2 heterocycles. The molecule has 1 aliphatic heterocycles. The minimum Gasteiger partial charge on any atom is -0.478 e. The molecule has 6 heteroatoms. The van der Waals surface area contributed by atoms with Crippen molar-refractivity contribution in [3.05, 3.63) is 42.0 Å². The molecule has 0 unspecified atom stereocenters. The van der Waals surface area contributed by atoms with E-state index in [0.717, 1.165) is 19.3 Å². The topological polar surface area (TPSA) is 34.6 Å². The van der Waals surface area contributed by atoms with Gasteiger partial charge in [0.2, 0.25) is 5.88 Å². The first-order valence-corrected chi connectivity index (χ1v) is 8.52. The number of aromatic nitrogens is 1. The third-order valence-electron chi connectivity index (χ3n) is 4.20. The molecule has 1 aromatic carbocycles. The van der Waals surface area contributed by atoms with E-state index in [2.05, 4.69) is 4.98 Å². The molecule has 0 spiro atoms. The first-order chi connectivity index (χ1) is 12.2. The number of methoxy groups -OCH3 is 1. The van der Waals surface area contributed by atoms with Gasteiger partial charge in [0.15, 0.2) is 0 Å². The first-order valence-electron chi connectivity index (χ1n) is 8.52. The van der Waals surface area contributed by atoms with Crippen molar-refractivity contribution in [1.82, 2.24) is 4.98 Å². The van der Waals surface area contributed by atoms with Gasteiger partial charge in [0.25, 0.3) is 0 Å². The second-order valence-corrected chi connectivity index (χ2v) is 6.04. The Morgan fingerprint density at radius 2 is 1.80 bits per heavy atom. The van der Waals surface area contributed by atoms with Crippen molar-refractivity contribution in [3.63, 3.8) is 0 Å². The quantitative estimate of drug-likeness (QED) is 0.707. The SMILES string of the molecule is COCCCOc1cccc(-c2cc(F)c(N3CCCC3)c(F)c2)n1. The second-order valence-electron chi connectivity index (χ2n) is 6.04. The summed E-state index contributed by atoms with van der Waals surface area (Å²) in [6, 6.07) is 7.88. The molecule has 1 aliphatic rings. The lowest BCUT2D eigenvalue weighted by molar-refractivity contribution is 0.170. The van der Waals surface area contributed by atoms with Crippen LogP contribution in [-0.2, 0) is 4.74 Å². The van der Waals surface area contributed by atoms with Crippen molar-refractivity contribution in [2.75, 3.05) is 38.3 Å². The van der Waals surface area contributed by atoms with E-state index >= 15 is 0 Å². The number of rotatable bonds is 7. The molecule has 0 aliphatic carbocycles. The minimum atomic E-state index is -0.551. The van der Waals surface area contributed by atoms with Crippen LogP contribution in [0.25, 0.3) is 11.3 Å². The summed E-state index contributed by atoms with van der Waals surface area (Å²) in [5.41, 5.74) is 0.948. The highest BCUT2D eigenvalue weighted by Gasteiger charge is 2.21. The van der Waals surface area contributed by atoms with E-state index < -0.39 is 11.6 Å². The van der Waals surface area contributed by atoms with Gasteiger partial charge in [-0.3, -0.25) is 0 Å². The highest BCUT2D eigenvalue weighted by molar-refractivity contribution is 5.65. The Hall–Kier alpha value is -2.21. The minimum absolute atomic E-state index is 0.0632. The lowest BCUT2D eigenvalue weighted by atomic mass is 10.1. The Morgan fingerprint density at radius 3 is 2.48 bits per heavy atom. The summed E-state index contributed by atoms with van der Waals surface area (Å²) in [7, 11) is 1.63. The highest BCUT2D eigenvalue weighted by Crippen LogP contribution is 2.31. The zero-order valence-corrected chi connectivity index (χ0v) is 14.3. The molecule has 1 aromatic heterocycles. The number of hydrogen-bond acceptors (Lipinski definition) is 4. The van der Waals surface area contributed by atoms with Crippen LogP contribution in [0.4, 0.5) is 14.5 Å². The molecule has 1 saturated heterocycles. The molecule has 0 amide bonds.